The van der Waals surface area contributed by atoms with Crippen LogP contribution in [0.5, 0.6) is 0 Å². The monoisotopic (exact) mass is 506 g/mol. The van der Waals surface area contributed by atoms with E-state index < -0.39 is 24.2 Å². The number of hydrogen-bond acceptors (Lipinski definition) is 3. The molecule has 0 radical (unpaired) electrons. The molecule has 5 nitrogen and oxygen atoms in total. The van der Waals surface area contributed by atoms with Gasteiger partial charge in [0.1, 0.15) is 11.4 Å². The number of nitrogens with one attached hydrogen (secondary N) is 2. The summed E-state index contributed by atoms with van der Waals surface area (Å²) in [7, 11) is 0. The van der Waals surface area contributed by atoms with Crippen LogP contribution in [0.3, 0.4) is 0 Å². The molecule has 1 aromatic heterocycles. The number of carbonyl (C=O) groups is 1. The first-order chi connectivity index (χ1) is 15.3. The molecular weight excluding hydrogens is 485 g/mol. The van der Waals surface area contributed by atoms with Crippen LogP contribution in [0.1, 0.15) is 59.4 Å². The van der Waals surface area contributed by atoms with Gasteiger partial charge < -0.3 is 10.6 Å². The van der Waals surface area contributed by atoms with Gasteiger partial charge >= 0.3 is 6.18 Å². The number of halogens is 4. The van der Waals surface area contributed by atoms with Crippen molar-refractivity contribution in [2.45, 2.75) is 44.1 Å². The molecule has 0 bridgehead atoms. The predicted molar refractivity (Wildman–Crippen MR) is 119 cm³/mol. The fourth-order valence-electron chi connectivity index (χ4n) is 4.03. The lowest BCUT2D eigenvalue weighted by Crippen LogP contribution is -2.36. The Morgan fingerprint density at radius 3 is 2.56 bits per heavy atom. The van der Waals surface area contributed by atoms with Gasteiger partial charge in [0.15, 0.2) is 6.04 Å². The van der Waals surface area contributed by atoms with E-state index in [9.17, 15) is 18.0 Å². The summed E-state index contributed by atoms with van der Waals surface area (Å²) in [5.41, 5.74) is 1.71. The van der Waals surface area contributed by atoms with Gasteiger partial charge in [0, 0.05) is 10.9 Å². The van der Waals surface area contributed by atoms with Gasteiger partial charge in [-0.25, -0.2) is 4.68 Å². The van der Waals surface area contributed by atoms with Crippen molar-refractivity contribution in [2.75, 3.05) is 5.32 Å². The van der Waals surface area contributed by atoms with Crippen LogP contribution in [-0.2, 0) is 0 Å². The first kappa shape index (κ1) is 22.4. The molecule has 32 heavy (non-hydrogen) atoms. The van der Waals surface area contributed by atoms with Crippen molar-refractivity contribution in [2.24, 2.45) is 0 Å². The third-order valence-electron chi connectivity index (χ3n) is 5.68. The minimum absolute atomic E-state index is 0.0758. The van der Waals surface area contributed by atoms with Gasteiger partial charge in [-0.15, -0.1) is 0 Å². The van der Waals surface area contributed by atoms with Crippen LogP contribution >= 0.6 is 15.9 Å². The second-order valence-corrected chi connectivity index (χ2v) is 8.56. The van der Waals surface area contributed by atoms with E-state index in [1.807, 2.05) is 37.3 Å². The van der Waals surface area contributed by atoms with Crippen molar-refractivity contribution in [3.63, 3.8) is 0 Å². The molecule has 0 aliphatic carbocycles. The van der Waals surface area contributed by atoms with Crippen molar-refractivity contribution in [1.29, 1.82) is 0 Å². The molecular formula is C23H22BrF3N4O. The second kappa shape index (κ2) is 8.97. The first-order valence-corrected chi connectivity index (χ1v) is 11.1. The van der Waals surface area contributed by atoms with Crippen LogP contribution in [-0.4, -0.2) is 21.9 Å². The highest BCUT2D eigenvalue weighted by Crippen LogP contribution is 2.44. The largest absolute Gasteiger partial charge is 0.410 e. The average Bonchev–Trinajstić information content (AvgIpc) is 3.21. The molecule has 0 saturated carbocycles. The third-order valence-corrected chi connectivity index (χ3v) is 6.40. The zero-order valence-electron chi connectivity index (χ0n) is 17.2. The van der Waals surface area contributed by atoms with Gasteiger partial charge in [-0.05, 0) is 23.6 Å². The number of amides is 1. The van der Waals surface area contributed by atoms with Gasteiger partial charge in [-0.2, -0.15) is 18.3 Å². The smallest absolute Gasteiger partial charge is 0.363 e. The van der Waals surface area contributed by atoms with Crippen LogP contribution in [0, 0.1) is 0 Å². The van der Waals surface area contributed by atoms with Crippen molar-refractivity contribution in [3.05, 3.63) is 82.0 Å². The zero-order chi connectivity index (χ0) is 22.9. The standard InChI is InChI=1S/C23H22BrF3N4O/c1-2-18(15-10-6-7-11-17(15)24)30-22(32)16-13-28-31-20(23(25,26)27)12-19(29-21(16)31)14-8-4-3-5-9-14/h3-11,13,18-20,29H,2,12H2,1H3,(H,30,32). The van der Waals surface area contributed by atoms with E-state index in [4.69, 9.17) is 0 Å². The molecule has 0 spiro atoms. The molecule has 1 aliphatic heterocycles. The topological polar surface area (TPSA) is 59.0 Å². The van der Waals surface area contributed by atoms with Gasteiger partial charge in [-0.3, -0.25) is 4.79 Å². The Hall–Kier alpha value is -2.81. The van der Waals surface area contributed by atoms with Crippen LogP contribution in [0.25, 0.3) is 0 Å². The number of carbonyl (C=O) groups excluding carboxylic acids is 1. The molecule has 2 N–H and O–H groups in total. The molecule has 0 saturated heterocycles. The molecule has 1 aliphatic rings. The molecule has 9 heteroatoms. The summed E-state index contributed by atoms with van der Waals surface area (Å²) >= 11 is 3.49. The van der Waals surface area contributed by atoms with Crippen molar-refractivity contribution in [3.8, 4) is 0 Å². The predicted octanol–water partition coefficient (Wildman–Crippen LogP) is 6.19. The quantitative estimate of drug-likeness (QED) is 0.433. The highest BCUT2D eigenvalue weighted by Gasteiger charge is 2.47. The summed E-state index contributed by atoms with van der Waals surface area (Å²) in [6.45, 7) is 1.93. The molecule has 3 aromatic rings. The number of fused-ring (bicyclic) bond motifs is 1. The van der Waals surface area contributed by atoms with E-state index in [1.54, 1.807) is 24.3 Å². The van der Waals surface area contributed by atoms with Crippen LogP contribution in [0.15, 0.2) is 65.3 Å². The Bertz CT molecular complexity index is 1100. The van der Waals surface area contributed by atoms with Crippen molar-refractivity contribution < 1.29 is 18.0 Å². The maximum atomic E-state index is 13.9. The maximum Gasteiger partial charge on any atom is 0.410 e. The lowest BCUT2D eigenvalue weighted by atomic mass is 9.96. The lowest BCUT2D eigenvalue weighted by Gasteiger charge is -2.34. The number of nitrogens with zero attached hydrogens (tertiary/aromatic N) is 2. The molecule has 2 aromatic carbocycles. The minimum atomic E-state index is -4.50. The summed E-state index contributed by atoms with van der Waals surface area (Å²) < 4.78 is 43.3. The van der Waals surface area contributed by atoms with Crippen molar-refractivity contribution in [1.82, 2.24) is 15.1 Å². The zero-order valence-corrected chi connectivity index (χ0v) is 18.8. The van der Waals surface area contributed by atoms with E-state index in [0.29, 0.717) is 6.42 Å². The fourth-order valence-corrected chi connectivity index (χ4v) is 4.59. The first-order valence-electron chi connectivity index (χ1n) is 10.3. The molecule has 168 valence electrons. The fraction of sp³-hybridized carbons (Fsp3) is 0.304. The molecule has 3 atom stereocenters. The molecule has 0 fully saturated rings. The maximum absolute atomic E-state index is 13.9. The molecule has 3 unspecified atom stereocenters. The van der Waals surface area contributed by atoms with Crippen LogP contribution < -0.4 is 10.6 Å². The molecule has 1 amide bonds. The number of rotatable bonds is 5. The lowest BCUT2D eigenvalue weighted by molar-refractivity contribution is -0.173. The van der Waals surface area contributed by atoms with Gasteiger partial charge in [0.25, 0.3) is 5.91 Å². The summed E-state index contributed by atoms with van der Waals surface area (Å²) in [6, 6.07) is 13.7. The Balaban J connectivity index is 1.66. The summed E-state index contributed by atoms with van der Waals surface area (Å²) in [5, 5.41) is 10.00. The minimum Gasteiger partial charge on any atom is -0.363 e. The normalized spacial score (nSPS) is 19.0. The molecule has 2 heterocycles. The van der Waals surface area contributed by atoms with Gasteiger partial charge in [0.05, 0.1) is 18.3 Å². The van der Waals surface area contributed by atoms with Crippen molar-refractivity contribution >= 4 is 27.7 Å². The summed E-state index contributed by atoms with van der Waals surface area (Å²) in [4.78, 5) is 13.1. The Kier molecular flexibility index (Phi) is 6.28. The SMILES string of the molecule is CCC(NC(=O)c1cnn2c1NC(c1ccccc1)CC2C(F)(F)F)c1ccccc1Br. The second-order valence-electron chi connectivity index (χ2n) is 7.71. The van der Waals surface area contributed by atoms with E-state index in [1.165, 1.54) is 6.20 Å². The van der Waals surface area contributed by atoms with E-state index in [2.05, 4.69) is 31.7 Å². The number of alkyl halides is 3. The number of hydrogen-bond donors (Lipinski definition) is 2. The Morgan fingerprint density at radius 1 is 1.22 bits per heavy atom. The van der Waals surface area contributed by atoms with E-state index >= 15 is 0 Å². The Morgan fingerprint density at radius 2 is 1.91 bits per heavy atom. The van der Waals surface area contributed by atoms with E-state index in [0.717, 1.165) is 20.3 Å². The third kappa shape index (κ3) is 4.39. The highest BCUT2D eigenvalue weighted by molar-refractivity contribution is 9.10. The van der Waals surface area contributed by atoms with Gasteiger partial charge in [0.2, 0.25) is 0 Å². The summed E-state index contributed by atoms with van der Waals surface area (Å²) in [6.07, 6.45) is -2.89. The van der Waals surface area contributed by atoms with Gasteiger partial charge in [-0.1, -0.05) is 71.4 Å². The number of anilines is 1. The van der Waals surface area contributed by atoms with Crippen LogP contribution in [0.2, 0.25) is 0 Å². The Labute approximate surface area is 192 Å². The average molecular weight is 507 g/mol. The van der Waals surface area contributed by atoms with E-state index in [-0.39, 0.29) is 23.8 Å². The number of benzene rings is 2. The molecule has 4 rings (SSSR count). The number of aromatic nitrogens is 2. The van der Waals surface area contributed by atoms with Crippen LogP contribution in [0.4, 0.5) is 19.0 Å². The summed E-state index contributed by atoms with van der Waals surface area (Å²) in [5.74, 6) is -0.400. The highest BCUT2D eigenvalue weighted by atomic mass is 79.9.